The minimum Gasteiger partial charge on any atom is -0.496 e. The largest absolute Gasteiger partial charge is 0.496 e. The second-order valence-corrected chi connectivity index (χ2v) is 6.20. The van der Waals surface area contributed by atoms with E-state index in [1.165, 1.54) is 23.1 Å². The Kier molecular flexibility index (Phi) is 6.23. The molecule has 2 N–H and O–H groups in total. The third kappa shape index (κ3) is 4.43. The molecular formula is C21H23N5O3. The molecule has 0 radical (unpaired) electrons. The van der Waals surface area contributed by atoms with Gasteiger partial charge in [-0.15, -0.1) is 5.10 Å². The zero-order valence-corrected chi connectivity index (χ0v) is 16.6. The lowest BCUT2D eigenvalue weighted by atomic mass is 10.1. The van der Waals surface area contributed by atoms with E-state index in [1.54, 1.807) is 25.6 Å². The fourth-order valence-corrected chi connectivity index (χ4v) is 2.78. The van der Waals surface area contributed by atoms with Gasteiger partial charge in [0.05, 0.1) is 18.3 Å². The topological polar surface area (TPSA) is 105 Å². The van der Waals surface area contributed by atoms with Crippen molar-refractivity contribution < 1.29 is 9.47 Å². The summed E-state index contributed by atoms with van der Waals surface area (Å²) in [7, 11) is 1.61. The van der Waals surface area contributed by atoms with Crippen molar-refractivity contribution in [2.24, 2.45) is 10.7 Å². The van der Waals surface area contributed by atoms with Crippen LogP contribution in [0.2, 0.25) is 0 Å². The van der Waals surface area contributed by atoms with E-state index in [-0.39, 0.29) is 11.3 Å². The quantitative estimate of drug-likeness (QED) is 0.619. The van der Waals surface area contributed by atoms with E-state index in [0.29, 0.717) is 12.2 Å². The van der Waals surface area contributed by atoms with Crippen LogP contribution in [0.3, 0.4) is 0 Å². The first-order valence-electron chi connectivity index (χ1n) is 9.18. The summed E-state index contributed by atoms with van der Waals surface area (Å²) in [6.07, 6.45) is 5.75. The summed E-state index contributed by atoms with van der Waals surface area (Å²) in [6, 6.07) is 8.91. The number of nitrogens with zero attached hydrogens (tertiary/aromatic N) is 4. The Bertz CT molecular complexity index is 1120. The molecule has 29 heavy (non-hydrogen) atoms. The molecule has 0 saturated heterocycles. The molecule has 0 aliphatic heterocycles. The van der Waals surface area contributed by atoms with Crippen molar-refractivity contribution in [3.8, 4) is 11.6 Å². The molecule has 0 amide bonds. The van der Waals surface area contributed by atoms with Gasteiger partial charge in [-0.05, 0) is 37.6 Å². The molecule has 3 rings (SSSR count). The molecule has 8 nitrogen and oxygen atoms in total. The number of benzene rings is 1. The van der Waals surface area contributed by atoms with Crippen LogP contribution in [-0.2, 0) is 0 Å². The van der Waals surface area contributed by atoms with Crippen LogP contribution in [0, 0.1) is 0 Å². The van der Waals surface area contributed by atoms with Crippen LogP contribution in [0.1, 0.15) is 25.5 Å². The van der Waals surface area contributed by atoms with Gasteiger partial charge in [0.2, 0.25) is 5.43 Å². The summed E-state index contributed by atoms with van der Waals surface area (Å²) < 4.78 is 12.7. The minimum absolute atomic E-state index is 0.0255. The van der Waals surface area contributed by atoms with E-state index in [1.807, 2.05) is 32.0 Å². The van der Waals surface area contributed by atoms with Gasteiger partial charge >= 0.3 is 0 Å². The molecule has 0 bridgehead atoms. The molecule has 0 saturated carbocycles. The van der Waals surface area contributed by atoms with Gasteiger partial charge in [-0.3, -0.25) is 14.8 Å². The molecule has 0 spiro atoms. The monoisotopic (exact) mass is 393 g/mol. The van der Waals surface area contributed by atoms with Crippen molar-refractivity contribution in [1.29, 1.82) is 0 Å². The number of pyridine rings is 1. The summed E-state index contributed by atoms with van der Waals surface area (Å²) in [5.41, 5.74) is 7.54. The Hall–Kier alpha value is -3.68. The third-order valence-electron chi connectivity index (χ3n) is 4.32. The molecule has 8 heteroatoms. The molecule has 0 aliphatic rings. The number of aliphatic imine (C=N–C) groups is 1. The van der Waals surface area contributed by atoms with E-state index < -0.39 is 6.10 Å². The van der Waals surface area contributed by atoms with Gasteiger partial charge < -0.3 is 15.2 Å². The van der Waals surface area contributed by atoms with Gasteiger partial charge in [-0.2, -0.15) is 0 Å². The lowest BCUT2D eigenvalue weighted by molar-refractivity contribution is 0.211. The number of hydrogen-bond donors (Lipinski definition) is 1. The average Bonchev–Trinajstić information content (AvgIpc) is 2.75. The van der Waals surface area contributed by atoms with Crippen LogP contribution in [-0.4, -0.2) is 34.6 Å². The van der Waals surface area contributed by atoms with Crippen molar-refractivity contribution in [3.05, 3.63) is 64.7 Å². The molecule has 0 fully saturated rings. The van der Waals surface area contributed by atoms with Gasteiger partial charge in [-0.25, -0.2) is 4.68 Å². The lowest BCUT2D eigenvalue weighted by Crippen LogP contribution is -2.17. The summed E-state index contributed by atoms with van der Waals surface area (Å²) in [5, 5.41) is 5.13. The predicted molar refractivity (Wildman–Crippen MR) is 113 cm³/mol. The average molecular weight is 393 g/mol. The third-order valence-corrected chi connectivity index (χ3v) is 4.32. The highest BCUT2D eigenvalue weighted by Crippen LogP contribution is 2.28. The van der Waals surface area contributed by atoms with Crippen LogP contribution < -0.4 is 20.6 Å². The molecule has 1 unspecified atom stereocenters. The van der Waals surface area contributed by atoms with E-state index in [2.05, 4.69) is 15.1 Å². The summed E-state index contributed by atoms with van der Waals surface area (Å²) in [4.78, 5) is 20.8. The first-order chi connectivity index (χ1) is 14.1. The van der Waals surface area contributed by atoms with Crippen molar-refractivity contribution in [2.75, 3.05) is 13.7 Å². The number of ether oxygens (including phenoxy) is 2. The molecular weight excluding hydrogens is 370 g/mol. The van der Waals surface area contributed by atoms with Gasteiger partial charge in [0.25, 0.3) is 5.88 Å². The maximum atomic E-state index is 12.3. The Labute approximate surface area is 168 Å². The Morgan fingerprint density at radius 3 is 2.90 bits per heavy atom. The van der Waals surface area contributed by atoms with Crippen LogP contribution in [0.25, 0.3) is 16.6 Å². The summed E-state index contributed by atoms with van der Waals surface area (Å²) >= 11 is 0. The second-order valence-electron chi connectivity index (χ2n) is 6.20. The number of methoxy groups -OCH3 is 1. The van der Waals surface area contributed by atoms with Gasteiger partial charge in [0.15, 0.2) is 0 Å². The van der Waals surface area contributed by atoms with Crippen molar-refractivity contribution in [2.45, 2.75) is 20.0 Å². The molecule has 3 aromatic rings. The Balaban J connectivity index is 1.91. The Morgan fingerprint density at radius 2 is 2.17 bits per heavy atom. The zero-order chi connectivity index (χ0) is 20.8. The van der Waals surface area contributed by atoms with Gasteiger partial charge in [0.1, 0.15) is 11.9 Å². The minimum atomic E-state index is -0.421. The number of rotatable bonds is 7. The van der Waals surface area contributed by atoms with Crippen LogP contribution in [0.4, 0.5) is 0 Å². The van der Waals surface area contributed by atoms with Crippen molar-refractivity contribution in [1.82, 2.24) is 14.8 Å². The zero-order valence-electron chi connectivity index (χ0n) is 16.6. The number of allylic oxidation sites excluding steroid dienone is 1. The number of nitrogens with two attached hydrogens (primary N) is 1. The maximum Gasteiger partial charge on any atom is 0.280 e. The summed E-state index contributed by atoms with van der Waals surface area (Å²) in [5.74, 6) is 0.694. The molecule has 0 aliphatic carbocycles. The van der Waals surface area contributed by atoms with Gasteiger partial charge in [-0.1, -0.05) is 6.07 Å². The van der Waals surface area contributed by atoms with E-state index >= 15 is 0 Å². The SMILES string of the molecule is CCN=CC(=CN)n1ccc(=O)c(OC(C)c2ccc3nccc(OC)c3c2)n1. The smallest absolute Gasteiger partial charge is 0.280 e. The number of fused-ring (bicyclic) bond motifs is 1. The fraction of sp³-hybridized carbons (Fsp3) is 0.238. The number of hydrogen-bond acceptors (Lipinski definition) is 7. The Morgan fingerprint density at radius 1 is 1.34 bits per heavy atom. The van der Waals surface area contributed by atoms with Crippen LogP contribution >= 0.6 is 0 Å². The van der Waals surface area contributed by atoms with E-state index in [4.69, 9.17) is 15.2 Å². The maximum absolute atomic E-state index is 12.3. The van der Waals surface area contributed by atoms with Crippen LogP contribution in [0.5, 0.6) is 11.6 Å². The molecule has 2 heterocycles. The predicted octanol–water partition coefficient (Wildman–Crippen LogP) is 2.79. The molecule has 1 aromatic carbocycles. The van der Waals surface area contributed by atoms with E-state index in [9.17, 15) is 4.79 Å². The summed E-state index contributed by atoms with van der Waals surface area (Å²) in [6.45, 7) is 4.37. The highest BCUT2D eigenvalue weighted by atomic mass is 16.5. The van der Waals surface area contributed by atoms with Crippen molar-refractivity contribution in [3.63, 3.8) is 0 Å². The number of aromatic nitrogens is 3. The highest BCUT2D eigenvalue weighted by molar-refractivity contribution is 6.01. The van der Waals surface area contributed by atoms with E-state index in [0.717, 1.165) is 22.2 Å². The normalized spacial score (nSPS) is 13.0. The van der Waals surface area contributed by atoms with Crippen molar-refractivity contribution >= 4 is 22.8 Å². The standard InChI is InChI=1S/C21H23N5O3/c1-4-23-13-16(12-22)26-10-8-19(27)21(25-26)29-14(2)15-5-6-18-17(11-15)20(28-3)7-9-24-18/h5-14H,4,22H2,1-3H3. The fourth-order valence-electron chi connectivity index (χ4n) is 2.78. The lowest BCUT2D eigenvalue weighted by Gasteiger charge is -2.16. The first kappa shape index (κ1) is 20.1. The van der Waals surface area contributed by atoms with Gasteiger partial charge in [0, 0.05) is 42.8 Å². The molecule has 1 atom stereocenters. The highest BCUT2D eigenvalue weighted by Gasteiger charge is 2.14. The first-order valence-corrected chi connectivity index (χ1v) is 9.18. The second kappa shape index (κ2) is 9.01. The molecule has 2 aromatic heterocycles. The molecule has 150 valence electrons. The van der Waals surface area contributed by atoms with Crippen LogP contribution in [0.15, 0.2) is 58.7 Å².